The molecule has 2 fully saturated rings. The zero-order valence-corrected chi connectivity index (χ0v) is 15.5. The highest BCUT2D eigenvalue weighted by molar-refractivity contribution is 5.95. The van der Waals surface area contributed by atoms with Crippen molar-refractivity contribution in [1.82, 2.24) is 9.78 Å². The lowest BCUT2D eigenvalue weighted by molar-refractivity contribution is -0.133. The minimum atomic E-state index is -0.760. The van der Waals surface area contributed by atoms with Crippen LogP contribution in [0, 0.1) is 34.5 Å². The molecule has 2 saturated carbocycles. The van der Waals surface area contributed by atoms with Crippen LogP contribution in [0.25, 0.3) is 11.3 Å². The fourth-order valence-electron chi connectivity index (χ4n) is 6.19. The van der Waals surface area contributed by atoms with Crippen LogP contribution in [0.15, 0.2) is 30.3 Å². The molecule has 132 valence electrons. The van der Waals surface area contributed by atoms with Crippen molar-refractivity contribution in [3.8, 4) is 17.3 Å². The van der Waals surface area contributed by atoms with Gasteiger partial charge in [0.25, 0.3) is 0 Å². The Morgan fingerprint density at radius 3 is 2.73 bits per heavy atom. The van der Waals surface area contributed by atoms with E-state index in [1.54, 1.807) is 0 Å². The maximum absolute atomic E-state index is 12.9. The number of hydrogen-bond donors (Lipinski definition) is 0. The molecule has 0 amide bonds. The van der Waals surface area contributed by atoms with Gasteiger partial charge in [-0.15, -0.1) is 0 Å². The quantitative estimate of drug-likeness (QED) is 0.792. The molecule has 0 spiro atoms. The summed E-state index contributed by atoms with van der Waals surface area (Å²) >= 11 is 0. The number of Topliss-reactive ketones (excluding diaryl/α,β-unsaturated/α-hetero) is 1. The van der Waals surface area contributed by atoms with E-state index in [9.17, 15) is 10.1 Å². The topological polar surface area (TPSA) is 58.7 Å². The van der Waals surface area contributed by atoms with Gasteiger partial charge in [0.1, 0.15) is 5.41 Å². The number of carbonyl (C=O) groups is 1. The molecule has 26 heavy (non-hydrogen) atoms. The molecule has 0 aliphatic heterocycles. The van der Waals surface area contributed by atoms with Gasteiger partial charge in [0, 0.05) is 29.5 Å². The second kappa shape index (κ2) is 4.85. The fraction of sp³-hybridized carbons (Fsp3) is 0.500. The van der Waals surface area contributed by atoms with Gasteiger partial charge in [-0.3, -0.25) is 9.48 Å². The molecule has 1 aromatic carbocycles. The van der Waals surface area contributed by atoms with Crippen molar-refractivity contribution in [1.29, 1.82) is 5.26 Å². The monoisotopic (exact) mass is 345 g/mol. The van der Waals surface area contributed by atoms with Crippen LogP contribution < -0.4 is 0 Å². The van der Waals surface area contributed by atoms with E-state index >= 15 is 0 Å². The lowest BCUT2D eigenvalue weighted by atomic mass is 9.54. The normalized spacial score (nSPS) is 37.3. The molecule has 0 unspecified atom stereocenters. The van der Waals surface area contributed by atoms with Crippen molar-refractivity contribution in [3.63, 3.8) is 0 Å². The van der Waals surface area contributed by atoms with Gasteiger partial charge in [-0.25, -0.2) is 0 Å². The molecule has 0 N–H and O–H groups in total. The van der Waals surface area contributed by atoms with Crippen molar-refractivity contribution in [2.75, 3.05) is 0 Å². The zero-order valence-electron chi connectivity index (χ0n) is 15.5. The van der Waals surface area contributed by atoms with E-state index in [0.29, 0.717) is 6.42 Å². The van der Waals surface area contributed by atoms with E-state index in [0.717, 1.165) is 18.5 Å². The van der Waals surface area contributed by atoms with Crippen LogP contribution in [-0.4, -0.2) is 15.6 Å². The average Bonchev–Trinajstić information content (AvgIpc) is 3.32. The SMILES string of the molecule is C[C@@H]1C(=O)[C@]2(C#N)C[C@@H]2[C@]2(C)c3nn(C)c(-c4ccccc4)c3CC[C@@H]12. The maximum Gasteiger partial charge on any atom is 0.156 e. The molecule has 5 rings (SSSR count). The van der Waals surface area contributed by atoms with E-state index in [1.165, 1.54) is 16.8 Å². The zero-order chi connectivity index (χ0) is 18.3. The summed E-state index contributed by atoms with van der Waals surface area (Å²) in [4.78, 5) is 12.9. The van der Waals surface area contributed by atoms with Gasteiger partial charge in [0.15, 0.2) is 5.78 Å². The molecule has 5 atom stereocenters. The smallest absolute Gasteiger partial charge is 0.156 e. The van der Waals surface area contributed by atoms with Gasteiger partial charge in [0.2, 0.25) is 0 Å². The largest absolute Gasteiger partial charge is 0.298 e. The Morgan fingerprint density at radius 1 is 1.31 bits per heavy atom. The molecule has 3 aliphatic rings. The first kappa shape index (κ1) is 15.8. The Morgan fingerprint density at radius 2 is 2.04 bits per heavy atom. The maximum atomic E-state index is 12.9. The molecular weight excluding hydrogens is 322 g/mol. The summed E-state index contributed by atoms with van der Waals surface area (Å²) in [6.07, 6.45) is 2.66. The van der Waals surface area contributed by atoms with Crippen molar-refractivity contribution in [3.05, 3.63) is 41.6 Å². The number of carbonyl (C=O) groups excluding carboxylic acids is 1. The standard InChI is InChI=1S/C22H23N3O/c1-13-16-10-9-15-18(14-7-5-4-6-8-14)25(3)24-19(15)21(16,2)17-11-22(17,12-23)20(13)26/h4-8,13,16-17H,9-11H2,1-3H3/t13-,16-,17+,21+,22-/m0/s1. The third-order valence-electron chi connectivity index (χ3n) is 7.52. The highest BCUT2D eigenvalue weighted by atomic mass is 16.1. The number of nitriles is 1. The summed E-state index contributed by atoms with van der Waals surface area (Å²) in [5.74, 6) is 0.519. The van der Waals surface area contributed by atoms with Crippen molar-refractivity contribution in [2.24, 2.45) is 30.2 Å². The minimum absolute atomic E-state index is 0.0614. The highest BCUT2D eigenvalue weighted by Gasteiger charge is 2.75. The Hall–Kier alpha value is -2.41. The van der Waals surface area contributed by atoms with Crippen LogP contribution in [0.2, 0.25) is 0 Å². The van der Waals surface area contributed by atoms with Gasteiger partial charge in [-0.05, 0) is 31.1 Å². The molecule has 0 saturated heterocycles. The van der Waals surface area contributed by atoms with E-state index < -0.39 is 5.41 Å². The van der Waals surface area contributed by atoms with E-state index in [1.807, 2.05) is 24.7 Å². The highest BCUT2D eigenvalue weighted by Crippen LogP contribution is 2.71. The summed E-state index contributed by atoms with van der Waals surface area (Å²) in [5.41, 5.74) is 3.89. The predicted octanol–water partition coefficient (Wildman–Crippen LogP) is 3.66. The molecule has 4 heteroatoms. The molecule has 0 bridgehead atoms. The Labute approximate surface area is 153 Å². The van der Waals surface area contributed by atoms with Crippen LogP contribution in [0.1, 0.15) is 37.9 Å². The van der Waals surface area contributed by atoms with Crippen LogP contribution in [0.4, 0.5) is 0 Å². The first-order valence-electron chi connectivity index (χ1n) is 9.52. The summed E-state index contributed by atoms with van der Waals surface area (Å²) in [6.45, 7) is 4.30. The predicted molar refractivity (Wildman–Crippen MR) is 98.1 cm³/mol. The summed E-state index contributed by atoms with van der Waals surface area (Å²) in [5, 5.41) is 14.8. The lowest BCUT2D eigenvalue weighted by Gasteiger charge is -2.47. The van der Waals surface area contributed by atoms with Crippen molar-refractivity contribution < 1.29 is 4.79 Å². The summed E-state index contributed by atoms with van der Waals surface area (Å²) < 4.78 is 2.01. The Kier molecular flexibility index (Phi) is 2.95. The number of benzene rings is 1. The lowest BCUT2D eigenvalue weighted by Crippen LogP contribution is -2.51. The van der Waals surface area contributed by atoms with E-state index in [-0.39, 0.29) is 29.0 Å². The van der Waals surface area contributed by atoms with Crippen molar-refractivity contribution >= 4 is 5.78 Å². The third kappa shape index (κ3) is 1.65. The van der Waals surface area contributed by atoms with Crippen LogP contribution in [0.3, 0.4) is 0 Å². The number of ketones is 1. The van der Waals surface area contributed by atoms with E-state index in [2.05, 4.69) is 37.3 Å². The molecule has 0 radical (unpaired) electrons. The number of nitrogens with zero attached hydrogens (tertiary/aromatic N) is 3. The Bertz CT molecular complexity index is 969. The molecule has 2 aromatic rings. The number of aromatic nitrogens is 2. The van der Waals surface area contributed by atoms with Gasteiger partial charge in [-0.1, -0.05) is 44.2 Å². The first-order valence-corrected chi connectivity index (χ1v) is 9.52. The van der Waals surface area contributed by atoms with Gasteiger partial charge >= 0.3 is 0 Å². The molecule has 3 aliphatic carbocycles. The molecule has 1 heterocycles. The van der Waals surface area contributed by atoms with Gasteiger partial charge in [0.05, 0.1) is 17.5 Å². The summed E-state index contributed by atoms with van der Waals surface area (Å²) in [6, 6.07) is 12.8. The van der Waals surface area contributed by atoms with Crippen LogP contribution in [-0.2, 0) is 23.7 Å². The average molecular weight is 345 g/mol. The van der Waals surface area contributed by atoms with Crippen LogP contribution in [0.5, 0.6) is 0 Å². The first-order chi connectivity index (χ1) is 12.4. The number of aryl methyl sites for hydroxylation is 1. The summed E-state index contributed by atoms with van der Waals surface area (Å²) in [7, 11) is 2.01. The second-order valence-electron chi connectivity index (χ2n) is 8.59. The molecule has 4 nitrogen and oxygen atoms in total. The minimum Gasteiger partial charge on any atom is -0.298 e. The van der Waals surface area contributed by atoms with Gasteiger partial charge in [-0.2, -0.15) is 10.4 Å². The fourth-order valence-corrected chi connectivity index (χ4v) is 6.19. The van der Waals surface area contributed by atoms with Crippen LogP contribution >= 0.6 is 0 Å². The Balaban J connectivity index is 1.71. The molecule has 1 aromatic heterocycles. The third-order valence-corrected chi connectivity index (χ3v) is 7.52. The molecular formula is C22H23N3O. The number of rotatable bonds is 1. The van der Waals surface area contributed by atoms with Gasteiger partial charge < -0.3 is 0 Å². The van der Waals surface area contributed by atoms with E-state index in [4.69, 9.17) is 5.10 Å². The number of fused-ring (bicyclic) bond motifs is 5. The van der Waals surface area contributed by atoms with Crippen molar-refractivity contribution in [2.45, 2.75) is 38.5 Å². The number of hydrogen-bond acceptors (Lipinski definition) is 3. The second-order valence-corrected chi connectivity index (χ2v) is 8.59.